The lowest BCUT2D eigenvalue weighted by atomic mass is 9.71. The fourth-order valence-corrected chi connectivity index (χ4v) is 1.97. The Labute approximate surface area is 74.5 Å². The van der Waals surface area contributed by atoms with E-state index in [4.69, 9.17) is 5.41 Å². The maximum Gasteiger partial charge on any atom is 0.0540 e. The molecule has 0 aromatic rings. The van der Waals surface area contributed by atoms with Crippen LogP contribution >= 0.6 is 0 Å². The summed E-state index contributed by atoms with van der Waals surface area (Å²) in [5.74, 6) is 0. The zero-order chi connectivity index (χ0) is 9.19. The molecular weight excluding hydrogens is 150 g/mol. The number of hydrogen-bond acceptors (Lipinski definition) is 2. The van der Waals surface area contributed by atoms with Gasteiger partial charge in [-0.25, -0.2) is 0 Å². The molecule has 1 aliphatic carbocycles. The number of hydrogen-bond donors (Lipinski definition) is 2. The Morgan fingerprint density at radius 3 is 2.42 bits per heavy atom. The highest BCUT2D eigenvalue weighted by Crippen LogP contribution is 2.37. The van der Waals surface area contributed by atoms with Gasteiger partial charge in [0.15, 0.2) is 0 Å². The fraction of sp³-hybridized carbons (Fsp3) is 0.900. The SMILES string of the molecule is CCC(=N)C1(C)CCC(O)CC1. The molecule has 0 aliphatic heterocycles. The molecule has 0 heterocycles. The van der Waals surface area contributed by atoms with Crippen LogP contribution in [0.25, 0.3) is 0 Å². The van der Waals surface area contributed by atoms with Gasteiger partial charge in [0.1, 0.15) is 0 Å². The van der Waals surface area contributed by atoms with Gasteiger partial charge in [0.05, 0.1) is 6.10 Å². The van der Waals surface area contributed by atoms with E-state index in [0.717, 1.165) is 37.8 Å². The van der Waals surface area contributed by atoms with Gasteiger partial charge in [-0.1, -0.05) is 13.8 Å². The second-order valence-electron chi connectivity index (χ2n) is 4.12. The highest BCUT2D eigenvalue weighted by atomic mass is 16.3. The van der Waals surface area contributed by atoms with Gasteiger partial charge in [-0.3, -0.25) is 0 Å². The Balaban J connectivity index is 2.55. The topological polar surface area (TPSA) is 44.1 Å². The summed E-state index contributed by atoms with van der Waals surface area (Å²) in [5, 5.41) is 17.1. The number of aliphatic hydroxyl groups excluding tert-OH is 1. The Kier molecular flexibility index (Phi) is 2.89. The van der Waals surface area contributed by atoms with Crippen LogP contribution in [0.4, 0.5) is 0 Å². The minimum Gasteiger partial charge on any atom is -0.393 e. The highest BCUT2D eigenvalue weighted by Gasteiger charge is 2.32. The van der Waals surface area contributed by atoms with Crippen LogP contribution in [0.2, 0.25) is 0 Å². The van der Waals surface area contributed by atoms with Crippen molar-refractivity contribution in [3.8, 4) is 0 Å². The van der Waals surface area contributed by atoms with Crippen LogP contribution in [-0.2, 0) is 0 Å². The predicted molar refractivity (Wildman–Crippen MR) is 50.6 cm³/mol. The maximum absolute atomic E-state index is 9.33. The minimum absolute atomic E-state index is 0.0913. The molecule has 2 heteroatoms. The van der Waals surface area contributed by atoms with Gasteiger partial charge in [-0.15, -0.1) is 0 Å². The van der Waals surface area contributed by atoms with E-state index in [0.29, 0.717) is 0 Å². The van der Waals surface area contributed by atoms with Crippen molar-refractivity contribution in [3.05, 3.63) is 0 Å². The molecular formula is C10H19NO. The van der Waals surface area contributed by atoms with Crippen molar-refractivity contribution in [2.24, 2.45) is 5.41 Å². The molecule has 0 unspecified atom stereocenters. The Morgan fingerprint density at radius 1 is 1.50 bits per heavy atom. The summed E-state index contributed by atoms with van der Waals surface area (Å²) in [7, 11) is 0. The van der Waals surface area contributed by atoms with Gasteiger partial charge in [0, 0.05) is 11.1 Å². The first-order valence-corrected chi connectivity index (χ1v) is 4.84. The van der Waals surface area contributed by atoms with Crippen molar-refractivity contribution in [1.29, 1.82) is 5.41 Å². The van der Waals surface area contributed by atoms with Crippen molar-refractivity contribution in [1.82, 2.24) is 0 Å². The van der Waals surface area contributed by atoms with E-state index in [1.807, 2.05) is 6.92 Å². The molecule has 0 radical (unpaired) electrons. The van der Waals surface area contributed by atoms with Crippen LogP contribution in [0.5, 0.6) is 0 Å². The molecule has 0 saturated heterocycles. The minimum atomic E-state index is -0.109. The smallest absolute Gasteiger partial charge is 0.0540 e. The molecule has 1 saturated carbocycles. The van der Waals surface area contributed by atoms with Crippen molar-refractivity contribution in [2.45, 2.75) is 52.1 Å². The molecule has 1 rings (SSSR count). The van der Waals surface area contributed by atoms with E-state index < -0.39 is 0 Å². The van der Waals surface area contributed by atoms with Gasteiger partial charge in [-0.05, 0) is 32.1 Å². The second kappa shape index (κ2) is 3.56. The monoisotopic (exact) mass is 169 g/mol. The van der Waals surface area contributed by atoms with Crippen LogP contribution in [0, 0.1) is 10.8 Å². The lowest BCUT2D eigenvalue weighted by Crippen LogP contribution is -2.33. The number of aliphatic hydroxyl groups is 1. The standard InChI is InChI=1S/C10H19NO/c1-3-9(11)10(2)6-4-8(12)5-7-10/h8,11-12H,3-7H2,1-2H3. The average molecular weight is 169 g/mol. The maximum atomic E-state index is 9.33. The van der Waals surface area contributed by atoms with Crippen LogP contribution < -0.4 is 0 Å². The molecule has 0 amide bonds. The quantitative estimate of drug-likeness (QED) is 0.612. The Hall–Kier alpha value is -0.370. The van der Waals surface area contributed by atoms with Crippen molar-refractivity contribution >= 4 is 5.71 Å². The molecule has 2 N–H and O–H groups in total. The first-order valence-electron chi connectivity index (χ1n) is 4.84. The summed E-state index contributed by atoms with van der Waals surface area (Å²) in [6, 6.07) is 0. The van der Waals surface area contributed by atoms with E-state index in [2.05, 4.69) is 6.92 Å². The van der Waals surface area contributed by atoms with Crippen molar-refractivity contribution in [2.75, 3.05) is 0 Å². The van der Waals surface area contributed by atoms with Gasteiger partial charge in [-0.2, -0.15) is 0 Å². The molecule has 2 nitrogen and oxygen atoms in total. The largest absolute Gasteiger partial charge is 0.393 e. The lowest BCUT2D eigenvalue weighted by molar-refractivity contribution is 0.0966. The van der Waals surface area contributed by atoms with Gasteiger partial charge < -0.3 is 10.5 Å². The third-order valence-electron chi connectivity index (χ3n) is 3.14. The summed E-state index contributed by atoms with van der Waals surface area (Å²) in [6.45, 7) is 4.20. The molecule has 1 aliphatic rings. The zero-order valence-electron chi connectivity index (χ0n) is 8.06. The number of rotatable bonds is 2. The van der Waals surface area contributed by atoms with Crippen molar-refractivity contribution < 1.29 is 5.11 Å². The molecule has 0 atom stereocenters. The van der Waals surface area contributed by atoms with E-state index in [-0.39, 0.29) is 11.5 Å². The summed E-state index contributed by atoms with van der Waals surface area (Å²) < 4.78 is 0. The first-order chi connectivity index (χ1) is 5.58. The van der Waals surface area contributed by atoms with Crippen LogP contribution in [0.1, 0.15) is 46.0 Å². The molecule has 1 fully saturated rings. The lowest BCUT2D eigenvalue weighted by Gasteiger charge is -2.36. The molecule has 12 heavy (non-hydrogen) atoms. The third kappa shape index (κ3) is 1.86. The average Bonchev–Trinajstić information content (AvgIpc) is 2.09. The number of nitrogens with one attached hydrogen (secondary N) is 1. The van der Waals surface area contributed by atoms with Gasteiger partial charge in [0.25, 0.3) is 0 Å². The van der Waals surface area contributed by atoms with Crippen LogP contribution in [0.15, 0.2) is 0 Å². The summed E-state index contributed by atoms with van der Waals surface area (Å²) in [6.07, 6.45) is 4.47. The highest BCUT2D eigenvalue weighted by molar-refractivity contribution is 5.86. The zero-order valence-corrected chi connectivity index (χ0v) is 8.06. The Morgan fingerprint density at radius 2 is 2.00 bits per heavy atom. The summed E-state index contributed by atoms with van der Waals surface area (Å²) in [5.41, 5.74) is 0.947. The third-order valence-corrected chi connectivity index (χ3v) is 3.14. The van der Waals surface area contributed by atoms with Crippen LogP contribution in [-0.4, -0.2) is 16.9 Å². The predicted octanol–water partition coefficient (Wildman–Crippen LogP) is 2.36. The summed E-state index contributed by atoms with van der Waals surface area (Å²) >= 11 is 0. The molecule has 0 aromatic carbocycles. The normalized spacial score (nSPS) is 36.4. The van der Waals surface area contributed by atoms with E-state index in [1.54, 1.807) is 0 Å². The first kappa shape index (κ1) is 9.72. The molecule has 0 bridgehead atoms. The van der Waals surface area contributed by atoms with Gasteiger partial charge in [0.2, 0.25) is 0 Å². The van der Waals surface area contributed by atoms with E-state index in [9.17, 15) is 5.11 Å². The summed E-state index contributed by atoms with van der Waals surface area (Å²) in [4.78, 5) is 0. The van der Waals surface area contributed by atoms with E-state index in [1.165, 1.54) is 0 Å². The van der Waals surface area contributed by atoms with E-state index >= 15 is 0 Å². The molecule has 70 valence electrons. The molecule has 0 aromatic heterocycles. The van der Waals surface area contributed by atoms with Crippen molar-refractivity contribution in [3.63, 3.8) is 0 Å². The molecule has 0 spiro atoms. The van der Waals surface area contributed by atoms with Crippen LogP contribution in [0.3, 0.4) is 0 Å². The Bertz CT molecular complexity index is 169. The second-order valence-corrected chi connectivity index (χ2v) is 4.12. The fourth-order valence-electron chi connectivity index (χ4n) is 1.97. The van der Waals surface area contributed by atoms with Gasteiger partial charge >= 0.3 is 0 Å².